The lowest BCUT2D eigenvalue weighted by molar-refractivity contribution is 0.0696. The van der Waals surface area contributed by atoms with Gasteiger partial charge in [-0.05, 0) is 42.3 Å². The van der Waals surface area contributed by atoms with Gasteiger partial charge in [0.25, 0.3) is 0 Å². The largest absolute Gasteiger partial charge is 0.478 e. The first-order valence-electron chi connectivity index (χ1n) is 5.28. The average Bonchev–Trinajstić information content (AvgIpc) is 2.30. The first kappa shape index (κ1) is 12.2. The lowest BCUT2D eigenvalue weighted by Gasteiger charge is -2.08. The fourth-order valence-corrected chi connectivity index (χ4v) is 1.80. The topological polar surface area (TPSA) is 37.3 Å². The second-order valence-electron chi connectivity index (χ2n) is 3.96. The van der Waals surface area contributed by atoms with Crippen LogP contribution in [0.5, 0.6) is 0 Å². The van der Waals surface area contributed by atoms with E-state index in [-0.39, 0.29) is 16.9 Å². The molecule has 0 unspecified atom stereocenters. The Morgan fingerprint density at radius 3 is 2.28 bits per heavy atom. The van der Waals surface area contributed by atoms with Gasteiger partial charge in [-0.15, -0.1) is 0 Å². The van der Waals surface area contributed by atoms with Crippen molar-refractivity contribution >= 4 is 5.97 Å². The monoisotopic (exact) mass is 248 g/mol. The number of aromatic carboxylic acids is 1. The molecule has 0 saturated carbocycles. The average molecular weight is 248 g/mol. The zero-order chi connectivity index (χ0) is 13.3. The maximum absolute atomic E-state index is 13.8. The summed E-state index contributed by atoms with van der Waals surface area (Å²) >= 11 is 0. The Labute approximate surface area is 103 Å². The second kappa shape index (κ2) is 4.56. The lowest BCUT2D eigenvalue weighted by atomic mass is 9.99. The molecule has 0 bridgehead atoms. The van der Waals surface area contributed by atoms with Crippen LogP contribution in [0.1, 0.15) is 15.9 Å². The molecule has 92 valence electrons. The minimum absolute atomic E-state index is 0.115. The summed E-state index contributed by atoms with van der Waals surface area (Å²) in [7, 11) is 0. The molecule has 2 aromatic rings. The molecule has 0 fully saturated rings. The molecule has 0 aromatic heterocycles. The first-order valence-corrected chi connectivity index (χ1v) is 5.28. The van der Waals surface area contributed by atoms with Crippen molar-refractivity contribution in [1.29, 1.82) is 0 Å². The van der Waals surface area contributed by atoms with Crippen LogP contribution in [-0.4, -0.2) is 11.1 Å². The van der Waals surface area contributed by atoms with E-state index in [9.17, 15) is 13.6 Å². The molecule has 2 nitrogen and oxygen atoms in total. The molecule has 2 aromatic carbocycles. The zero-order valence-corrected chi connectivity index (χ0v) is 9.58. The zero-order valence-electron chi connectivity index (χ0n) is 9.58. The Bertz CT molecular complexity index is 621. The SMILES string of the molecule is Cc1cc(F)ccc1-c1ccc(C(=O)O)cc1F. The highest BCUT2D eigenvalue weighted by Gasteiger charge is 2.11. The fourth-order valence-electron chi connectivity index (χ4n) is 1.80. The van der Waals surface area contributed by atoms with E-state index in [1.165, 1.54) is 30.3 Å². The van der Waals surface area contributed by atoms with Gasteiger partial charge in [-0.25, -0.2) is 13.6 Å². The van der Waals surface area contributed by atoms with E-state index in [1.54, 1.807) is 6.92 Å². The van der Waals surface area contributed by atoms with Crippen molar-refractivity contribution < 1.29 is 18.7 Å². The number of carbonyl (C=O) groups is 1. The molecule has 0 atom stereocenters. The summed E-state index contributed by atoms with van der Waals surface area (Å²) < 4.78 is 26.8. The summed E-state index contributed by atoms with van der Waals surface area (Å²) in [6.45, 7) is 1.67. The molecule has 1 N–H and O–H groups in total. The molecular formula is C14H10F2O2. The third-order valence-corrected chi connectivity index (χ3v) is 2.69. The maximum Gasteiger partial charge on any atom is 0.335 e. The van der Waals surface area contributed by atoms with Crippen molar-refractivity contribution in [3.8, 4) is 11.1 Å². The van der Waals surface area contributed by atoms with Gasteiger partial charge in [-0.2, -0.15) is 0 Å². The quantitative estimate of drug-likeness (QED) is 0.880. The number of hydrogen-bond acceptors (Lipinski definition) is 1. The summed E-state index contributed by atoms with van der Waals surface area (Å²) in [4.78, 5) is 10.7. The smallest absolute Gasteiger partial charge is 0.335 e. The van der Waals surface area contributed by atoms with Crippen LogP contribution in [-0.2, 0) is 0 Å². The van der Waals surface area contributed by atoms with E-state index in [1.807, 2.05) is 0 Å². The summed E-state index contributed by atoms with van der Waals surface area (Å²) in [5.41, 5.74) is 1.29. The Balaban J connectivity index is 2.54. The van der Waals surface area contributed by atoms with Crippen LogP contribution in [0.25, 0.3) is 11.1 Å². The maximum atomic E-state index is 13.8. The first-order chi connectivity index (χ1) is 8.49. The molecule has 0 radical (unpaired) electrons. The standard InChI is InChI=1S/C14H10F2O2/c1-8-6-10(15)3-5-11(8)12-4-2-9(14(17)18)7-13(12)16/h2-7H,1H3,(H,17,18). The van der Waals surface area contributed by atoms with Gasteiger partial charge in [0, 0.05) is 5.56 Å². The number of rotatable bonds is 2. The molecule has 0 heterocycles. The van der Waals surface area contributed by atoms with Crippen molar-refractivity contribution in [2.24, 2.45) is 0 Å². The Morgan fingerprint density at radius 1 is 1.06 bits per heavy atom. The van der Waals surface area contributed by atoms with Crippen molar-refractivity contribution in [3.05, 3.63) is 59.2 Å². The van der Waals surface area contributed by atoms with Crippen LogP contribution in [0.15, 0.2) is 36.4 Å². The predicted molar refractivity (Wildman–Crippen MR) is 63.5 cm³/mol. The number of carboxylic acid groups (broad SMARTS) is 1. The highest BCUT2D eigenvalue weighted by Crippen LogP contribution is 2.27. The molecule has 0 saturated heterocycles. The van der Waals surface area contributed by atoms with Gasteiger partial charge in [0.1, 0.15) is 11.6 Å². The van der Waals surface area contributed by atoms with Crippen LogP contribution < -0.4 is 0 Å². The van der Waals surface area contributed by atoms with Gasteiger partial charge in [0.2, 0.25) is 0 Å². The van der Waals surface area contributed by atoms with Gasteiger partial charge >= 0.3 is 5.97 Å². The van der Waals surface area contributed by atoms with Crippen LogP contribution in [0, 0.1) is 18.6 Å². The number of aryl methyl sites for hydroxylation is 1. The number of carboxylic acids is 1. The molecule has 4 heteroatoms. The number of hydrogen-bond donors (Lipinski definition) is 1. The van der Waals surface area contributed by atoms with E-state index in [0.717, 1.165) is 6.07 Å². The lowest BCUT2D eigenvalue weighted by Crippen LogP contribution is -1.98. The summed E-state index contributed by atoms with van der Waals surface area (Å²) in [6.07, 6.45) is 0. The van der Waals surface area contributed by atoms with E-state index >= 15 is 0 Å². The minimum atomic E-state index is -1.18. The Kier molecular flexibility index (Phi) is 3.10. The van der Waals surface area contributed by atoms with Crippen LogP contribution in [0.3, 0.4) is 0 Å². The van der Waals surface area contributed by atoms with Gasteiger partial charge in [-0.1, -0.05) is 12.1 Å². The minimum Gasteiger partial charge on any atom is -0.478 e. The molecule has 2 rings (SSSR count). The second-order valence-corrected chi connectivity index (χ2v) is 3.96. The Morgan fingerprint density at radius 2 is 1.72 bits per heavy atom. The van der Waals surface area contributed by atoms with Crippen LogP contribution >= 0.6 is 0 Å². The van der Waals surface area contributed by atoms with Gasteiger partial charge < -0.3 is 5.11 Å². The Hall–Kier alpha value is -2.23. The van der Waals surface area contributed by atoms with E-state index in [0.29, 0.717) is 11.1 Å². The highest BCUT2D eigenvalue weighted by atomic mass is 19.1. The van der Waals surface area contributed by atoms with Gasteiger partial charge in [0.05, 0.1) is 5.56 Å². The highest BCUT2D eigenvalue weighted by molar-refractivity contribution is 5.88. The van der Waals surface area contributed by atoms with Crippen molar-refractivity contribution in [3.63, 3.8) is 0 Å². The molecule has 18 heavy (non-hydrogen) atoms. The number of benzene rings is 2. The van der Waals surface area contributed by atoms with Gasteiger partial charge in [-0.3, -0.25) is 0 Å². The molecular weight excluding hydrogens is 238 g/mol. The van der Waals surface area contributed by atoms with E-state index in [4.69, 9.17) is 5.11 Å². The summed E-state index contributed by atoms with van der Waals surface area (Å²) in [5.74, 6) is -2.21. The van der Waals surface area contributed by atoms with Crippen LogP contribution in [0.2, 0.25) is 0 Å². The third-order valence-electron chi connectivity index (χ3n) is 2.69. The van der Waals surface area contributed by atoms with Crippen molar-refractivity contribution in [2.45, 2.75) is 6.92 Å². The molecule has 0 amide bonds. The molecule has 0 aliphatic carbocycles. The summed E-state index contributed by atoms with van der Waals surface area (Å²) in [6, 6.07) is 7.69. The molecule has 0 aliphatic rings. The van der Waals surface area contributed by atoms with E-state index in [2.05, 4.69) is 0 Å². The van der Waals surface area contributed by atoms with E-state index < -0.39 is 11.8 Å². The predicted octanol–water partition coefficient (Wildman–Crippen LogP) is 3.64. The fraction of sp³-hybridized carbons (Fsp3) is 0.0714. The third kappa shape index (κ3) is 2.22. The molecule has 0 aliphatic heterocycles. The molecule has 0 spiro atoms. The van der Waals surface area contributed by atoms with Crippen molar-refractivity contribution in [1.82, 2.24) is 0 Å². The normalized spacial score (nSPS) is 10.4. The summed E-state index contributed by atoms with van der Waals surface area (Å²) in [5, 5.41) is 8.75. The number of halogens is 2. The van der Waals surface area contributed by atoms with Gasteiger partial charge in [0.15, 0.2) is 0 Å². The van der Waals surface area contributed by atoms with Crippen molar-refractivity contribution in [2.75, 3.05) is 0 Å². The van der Waals surface area contributed by atoms with Crippen LogP contribution in [0.4, 0.5) is 8.78 Å².